The number of anilines is 1. The van der Waals surface area contributed by atoms with Gasteiger partial charge in [0.05, 0.1) is 5.71 Å². The van der Waals surface area contributed by atoms with Gasteiger partial charge in [-0.3, -0.25) is 0 Å². The lowest BCUT2D eigenvalue weighted by molar-refractivity contribution is 0.213. The molecule has 0 spiro atoms. The summed E-state index contributed by atoms with van der Waals surface area (Å²) in [6.07, 6.45) is 0. The van der Waals surface area contributed by atoms with E-state index in [1.54, 1.807) is 0 Å². The molecule has 3 heteroatoms. The summed E-state index contributed by atoms with van der Waals surface area (Å²) in [4.78, 5) is 4.65. The molecule has 0 saturated heterocycles. The van der Waals surface area contributed by atoms with Crippen molar-refractivity contribution in [1.82, 2.24) is 0 Å². The van der Waals surface area contributed by atoms with Crippen molar-refractivity contribution in [3.05, 3.63) is 29.8 Å². The molecule has 1 rings (SSSR count). The smallest absolute Gasteiger partial charge is 0.106 e. The minimum atomic E-state index is 0.718. The van der Waals surface area contributed by atoms with E-state index in [1.165, 1.54) is 7.11 Å². The van der Waals surface area contributed by atoms with E-state index in [2.05, 4.69) is 9.99 Å². The van der Waals surface area contributed by atoms with Crippen LogP contribution in [0.1, 0.15) is 12.5 Å². The second-order valence-electron chi connectivity index (χ2n) is 2.45. The Balaban J connectivity index is 3.02. The van der Waals surface area contributed by atoms with Crippen molar-refractivity contribution in [2.75, 3.05) is 12.8 Å². The lowest BCUT2D eigenvalue weighted by Crippen LogP contribution is -2.00. The van der Waals surface area contributed by atoms with Gasteiger partial charge in [0, 0.05) is 11.3 Å². The first kappa shape index (κ1) is 8.59. The van der Waals surface area contributed by atoms with Crippen LogP contribution in [0.15, 0.2) is 29.4 Å². The Labute approximate surface area is 71.8 Å². The molecule has 0 atom stereocenters. The number of hydrogen-bond donors (Lipinski definition) is 1. The fourth-order valence-electron chi connectivity index (χ4n) is 1.01. The molecule has 0 aliphatic heterocycles. The van der Waals surface area contributed by atoms with E-state index in [0.29, 0.717) is 0 Å². The van der Waals surface area contributed by atoms with Gasteiger partial charge in [-0.1, -0.05) is 23.4 Å². The Bertz CT molecular complexity index is 294. The normalized spacial score (nSPS) is 11.3. The zero-order valence-corrected chi connectivity index (χ0v) is 7.24. The number of nitrogen functional groups attached to an aromatic ring is 1. The first-order chi connectivity index (χ1) is 5.75. The average molecular weight is 164 g/mol. The van der Waals surface area contributed by atoms with Crippen LogP contribution >= 0.6 is 0 Å². The van der Waals surface area contributed by atoms with Crippen LogP contribution in [0.2, 0.25) is 0 Å². The van der Waals surface area contributed by atoms with E-state index < -0.39 is 0 Å². The third-order valence-corrected chi connectivity index (χ3v) is 1.58. The number of para-hydroxylation sites is 1. The lowest BCUT2D eigenvalue weighted by atomic mass is 10.1. The van der Waals surface area contributed by atoms with E-state index >= 15 is 0 Å². The molecule has 0 heterocycles. The van der Waals surface area contributed by atoms with Crippen LogP contribution < -0.4 is 5.73 Å². The summed E-state index contributed by atoms with van der Waals surface area (Å²) in [7, 11) is 1.52. The topological polar surface area (TPSA) is 47.6 Å². The minimum absolute atomic E-state index is 0.718. The highest BCUT2D eigenvalue weighted by molar-refractivity contribution is 6.02. The highest BCUT2D eigenvalue weighted by Gasteiger charge is 2.00. The van der Waals surface area contributed by atoms with Gasteiger partial charge in [0.15, 0.2) is 0 Å². The monoisotopic (exact) mass is 164 g/mol. The van der Waals surface area contributed by atoms with Crippen LogP contribution in [0.5, 0.6) is 0 Å². The van der Waals surface area contributed by atoms with Crippen molar-refractivity contribution >= 4 is 11.4 Å². The molecule has 0 bridgehead atoms. The molecule has 3 nitrogen and oxygen atoms in total. The van der Waals surface area contributed by atoms with E-state index in [0.717, 1.165) is 17.0 Å². The molecule has 1 aromatic rings. The third-order valence-electron chi connectivity index (χ3n) is 1.58. The van der Waals surface area contributed by atoms with Crippen molar-refractivity contribution in [1.29, 1.82) is 0 Å². The van der Waals surface area contributed by atoms with Gasteiger partial charge >= 0.3 is 0 Å². The number of rotatable bonds is 2. The standard InChI is InChI=1S/C9H12N2O/c1-7(11-12-2)8-5-3-4-6-9(8)10/h3-6H,10H2,1-2H3. The van der Waals surface area contributed by atoms with Gasteiger partial charge in [-0.25, -0.2) is 0 Å². The van der Waals surface area contributed by atoms with Crippen LogP contribution in [-0.2, 0) is 4.84 Å². The molecule has 0 aromatic heterocycles. The zero-order chi connectivity index (χ0) is 8.97. The van der Waals surface area contributed by atoms with Crippen molar-refractivity contribution in [2.24, 2.45) is 5.16 Å². The Hall–Kier alpha value is -1.51. The maximum Gasteiger partial charge on any atom is 0.106 e. The van der Waals surface area contributed by atoms with Crippen molar-refractivity contribution in [3.63, 3.8) is 0 Å². The van der Waals surface area contributed by atoms with Crippen LogP contribution in [-0.4, -0.2) is 12.8 Å². The molecule has 0 radical (unpaired) electrons. The van der Waals surface area contributed by atoms with Crippen molar-refractivity contribution in [2.45, 2.75) is 6.92 Å². The summed E-state index contributed by atoms with van der Waals surface area (Å²) in [5, 5.41) is 3.79. The molecular formula is C9H12N2O. The lowest BCUT2D eigenvalue weighted by Gasteiger charge is -2.02. The van der Waals surface area contributed by atoms with Gasteiger partial charge in [0.2, 0.25) is 0 Å². The molecule has 0 fully saturated rings. The molecule has 64 valence electrons. The third kappa shape index (κ3) is 1.75. The first-order valence-electron chi connectivity index (χ1n) is 3.68. The van der Waals surface area contributed by atoms with E-state index in [9.17, 15) is 0 Å². The largest absolute Gasteiger partial charge is 0.399 e. The highest BCUT2D eigenvalue weighted by atomic mass is 16.6. The molecule has 0 unspecified atom stereocenters. The van der Waals surface area contributed by atoms with Crippen LogP contribution in [0.4, 0.5) is 5.69 Å². The van der Waals surface area contributed by atoms with Crippen LogP contribution in [0.25, 0.3) is 0 Å². The van der Waals surface area contributed by atoms with E-state index in [4.69, 9.17) is 5.73 Å². The van der Waals surface area contributed by atoms with Gasteiger partial charge in [-0.15, -0.1) is 0 Å². The minimum Gasteiger partial charge on any atom is -0.399 e. The molecule has 0 saturated carbocycles. The van der Waals surface area contributed by atoms with Crippen LogP contribution in [0.3, 0.4) is 0 Å². The van der Waals surface area contributed by atoms with Gasteiger partial charge < -0.3 is 10.6 Å². The Morgan fingerprint density at radius 1 is 1.42 bits per heavy atom. The SMILES string of the molecule is CON=C(C)c1ccccc1N. The van der Waals surface area contributed by atoms with Crippen molar-refractivity contribution in [3.8, 4) is 0 Å². The van der Waals surface area contributed by atoms with Gasteiger partial charge in [-0.2, -0.15) is 0 Å². The molecule has 12 heavy (non-hydrogen) atoms. The molecular weight excluding hydrogens is 152 g/mol. The highest BCUT2D eigenvalue weighted by Crippen LogP contribution is 2.11. The van der Waals surface area contributed by atoms with Gasteiger partial charge in [0.1, 0.15) is 7.11 Å². The molecule has 0 aliphatic carbocycles. The fourth-order valence-corrected chi connectivity index (χ4v) is 1.01. The number of hydrogen-bond acceptors (Lipinski definition) is 3. The van der Waals surface area contributed by atoms with Crippen LogP contribution in [0, 0.1) is 0 Å². The Kier molecular flexibility index (Phi) is 2.69. The van der Waals surface area contributed by atoms with Crippen molar-refractivity contribution < 1.29 is 4.84 Å². The number of nitrogens with zero attached hydrogens (tertiary/aromatic N) is 1. The average Bonchev–Trinajstić information content (AvgIpc) is 2.05. The molecule has 0 amide bonds. The molecule has 2 N–H and O–H groups in total. The summed E-state index contributed by atoms with van der Waals surface area (Å²) < 4.78 is 0. The summed E-state index contributed by atoms with van der Waals surface area (Å²) >= 11 is 0. The Morgan fingerprint density at radius 2 is 2.08 bits per heavy atom. The van der Waals surface area contributed by atoms with Gasteiger partial charge in [0.25, 0.3) is 0 Å². The summed E-state index contributed by atoms with van der Waals surface area (Å²) in [5.41, 5.74) is 8.14. The quantitative estimate of drug-likeness (QED) is 0.410. The second kappa shape index (κ2) is 3.76. The summed E-state index contributed by atoms with van der Waals surface area (Å²) in [6.45, 7) is 1.86. The second-order valence-corrected chi connectivity index (χ2v) is 2.45. The predicted molar refractivity (Wildman–Crippen MR) is 50.1 cm³/mol. The maximum atomic E-state index is 5.72. The van der Waals surface area contributed by atoms with E-state index in [-0.39, 0.29) is 0 Å². The fraction of sp³-hybridized carbons (Fsp3) is 0.222. The predicted octanol–water partition coefficient (Wildman–Crippen LogP) is 1.64. The molecule has 0 aliphatic rings. The molecule has 1 aromatic carbocycles. The Morgan fingerprint density at radius 3 is 2.67 bits per heavy atom. The summed E-state index contributed by atoms with van der Waals surface area (Å²) in [6, 6.07) is 7.55. The summed E-state index contributed by atoms with van der Waals surface area (Å²) in [5.74, 6) is 0. The van der Waals surface area contributed by atoms with Gasteiger partial charge in [-0.05, 0) is 13.0 Å². The first-order valence-corrected chi connectivity index (χ1v) is 3.68. The number of oxime groups is 1. The zero-order valence-electron chi connectivity index (χ0n) is 7.24. The maximum absolute atomic E-state index is 5.72. The van der Waals surface area contributed by atoms with E-state index in [1.807, 2.05) is 31.2 Å². The number of benzene rings is 1. The number of nitrogens with two attached hydrogens (primary N) is 1.